The number of nitrogens with zero attached hydrogens (tertiary/aromatic N) is 3. The average Bonchev–Trinajstić information content (AvgIpc) is 3.40. The topological polar surface area (TPSA) is 111 Å². The van der Waals surface area contributed by atoms with Crippen LogP contribution in [0, 0.1) is 6.92 Å². The quantitative estimate of drug-likeness (QED) is 0.406. The maximum absolute atomic E-state index is 13.9. The number of hydrogen-bond acceptors (Lipinski definition) is 6. The predicted octanol–water partition coefficient (Wildman–Crippen LogP) is 4.29. The molecule has 0 amide bonds. The molecule has 11 heteroatoms. The number of aromatic nitrogens is 4. The minimum atomic E-state index is -4.75. The number of oxazole rings is 1. The molecule has 0 aliphatic rings. The largest absolute Gasteiger partial charge is 0.494 e. The second kappa shape index (κ2) is 7.73. The maximum Gasteiger partial charge on any atom is 0.433 e. The summed E-state index contributed by atoms with van der Waals surface area (Å²) in [5.74, 6) is 0.307. The molecule has 0 aliphatic carbocycles. The number of nitrogens with two attached hydrogens (primary N) is 1. The molecule has 0 atom stereocenters. The Bertz CT molecular complexity index is 1600. The van der Waals surface area contributed by atoms with E-state index in [2.05, 4.69) is 15.1 Å². The fourth-order valence-electron chi connectivity index (χ4n) is 3.94. The van der Waals surface area contributed by atoms with E-state index in [4.69, 9.17) is 14.9 Å². The Kier molecular flexibility index (Phi) is 4.94. The first kappa shape index (κ1) is 21.7. The van der Waals surface area contributed by atoms with Crippen LogP contribution in [-0.4, -0.2) is 26.7 Å². The molecule has 5 aromatic rings. The van der Waals surface area contributed by atoms with Crippen LogP contribution in [0.15, 0.2) is 51.7 Å². The van der Waals surface area contributed by atoms with Crippen molar-refractivity contribution >= 4 is 16.7 Å². The molecule has 0 saturated heterocycles. The van der Waals surface area contributed by atoms with E-state index < -0.39 is 17.4 Å². The van der Waals surface area contributed by atoms with Gasteiger partial charge in [0.15, 0.2) is 16.7 Å². The molecule has 2 aromatic carbocycles. The third-order valence-electron chi connectivity index (χ3n) is 5.50. The number of methoxy groups -OCH3 is 1. The summed E-state index contributed by atoms with van der Waals surface area (Å²) in [6.07, 6.45) is -4.75. The lowest BCUT2D eigenvalue weighted by Gasteiger charge is -2.07. The highest BCUT2D eigenvalue weighted by Crippen LogP contribution is 2.38. The van der Waals surface area contributed by atoms with Crippen molar-refractivity contribution in [1.29, 1.82) is 0 Å². The maximum atomic E-state index is 13.9. The lowest BCUT2D eigenvalue weighted by Crippen LogP contribution is -2.19. The van der Waals surface area contributed by atoms with E-state index in [0.717, 1.165) is 10.1 Å². The van der Waals surface area contributed by atoms with Crippen LogP contribution in [0.2, 0.25) is 0 Å². The summed E-state index contributed by atoms with van der Waals surface area (Å²) in [5.41, 5.74) is 5.26. The molecule has 174 valence electrons. The smallest absolute Gasteiger partial charge is 0.433 e. The summed E-state index contributed by atoms with van der Waals surface area (Å²) < 4.78 is 53.6. The van der Waals surface area contributed by atoms with Crippen LogP contribution in [0.4, 0.5) is 13.2 Å². The summed E-state index contributed by atoms with van der Waals surface area (Å²) in [4.78, 5) is 22.1. The van der Waals surface area contributed by atoms with Crippen molar-refractivity contribution in [2.45, 2.75) is 19.6 Å². The highest BCUT2D eigenvalue weighted by molar-refractivity contribution is 5.84. The standard InChI is InChI=1S/C23H18F3N5O3/c1-11-16(21-29-18-14(33-2)8-12(10-27)9-15(18)34-21)22(32)31-20(28-11)17(13-6-4-3-5-7-13)19(30-31)23(24,25)26/h3-9,30H,10,27H2,1-2H3. The summed E-state index contributed by atoms with van der Waals surface area (Å²) in [6, 6.07) is 11.3. The van der Waals surface area contributed by atoms with Crippen molar-refractivity contribution in [2.24, 2.45) is 5.73 Å². The molecule has 0 aliphatic heterocycles. The summed E-state index contributed by atoms with van der Waals surface area (Å²) in [7, 11) is 1.46. The number of fused-ring (bicyclic) bond motifs is 2. The first-order valence-corrected chi connectivity index (χ1v) is 10.2. The molecule has 5 rings (SSSR count). The molecular formula is C23H18F3N5O3. The van der Waals surface area contributed by atoms with Crippen LogP contribution < -0.4 is 16.0 Å². The fourth-order valence-corrected chi connectivity index (χ4v) is 3.94. The van der Waals surface area contributed by atoms with Crippen molar-refractivity contribution in [2.75, 3.05) is 7.11 Å². The van der Waals surface area contributed by atoms with E-state index in [1.165, 1.54) is 26.2 Å². The zero-order chi connectivity index (χ0) is 24.2. The van der Waals surface area contributed by atoms with Gasteiger partial charge < -0.3 is 14.9 Å². The van der Waals surface area contributed by atoms with Gasteiger partial charge in [0.05, 0.1) is 18.4 Å². The van der Waals surface area contributed by atoms with E-state index in [1.807, 2.05) is 0 Å². The van der Waals surface area contributed by atoms with Gasteiger partial charge in [-0.1, -0.05) is 30.3 Å². The Morgan fingerprint density at radius 1 is 1.15 bits per heavy atom. The Morgan fingerprint density at radius 2 is 1.88 bits per heavy atom. The van der Waals surface area contributed by atoms with Gasteiger partial charge in [0, 0.05) is 6.54 Å². The van der Waals surface area contributed by atoms with Crippen LogP contribution in [0.3, 0.4) is 0 Å². The second-order valence-electron chi connectivity index (χ2n) is 7.63. The van der Waals surface area contributed by atoms with Gasteiger partial charge in [-0.25, -0.2) is 9.97 Å². The van der Waals surface area contributed by atoms with E-state index in [-0.39, 0.29) is 40.5 Å². The Morgan fingerprint density at radius 3 is 2.53 bits per heavy atom. The van der Waals surface area contributed by atoms with E-state index >= 15 is 0 Å². The third-order valence-corrected chi connectivity index (χ3v) is 5.50. The summed E-state index contributed by atoms with van der Waals surface area (Å²) >= 11 is 0. The van der Waals surface area contributed by atoms with E-state index in [0.29, 0.717) is 16.8 Å². The number of nitrogens with one attached hydrogen (secondary N) is 1. The molecule has 0 saturated carbocycles. The Balaban J connectivity index is 1.81. The van der Waals surface area contributed by atoms with Crippen LogP contribution >= 0.6 is 0 Å². The highest BCUT2D eigenvalue weighted by atomic mass is 19.4. The molecule has 0 bridgehead atoms. The third kappa shape index (κ3) is 3.32. The van der Waals surface area contributed by atoms with Gasteiger partial charge in [0.25, 0.3) is 5.56 Å². The van der Waals surface area contributed by atoms with E-state index in [9.17, 15) is 18.0 Å². The van der Waals surface area contributed by atoms with Crippen molar-refractivity contribution in [3.05, 3.63) is 69.8 Å². The van der Waals surface area contributed by atoms with Crippen LogP contribution in [-0.2, 0) is 12.7 Å². The van der Waals surface area contributed by atoms with E-state index in [1.54, 1.807) is 30.3 Å². The minimum absolute atomic E-state index is 0.0698. The first-order chi connectivity index (χ1) is 16.2. The number of alkyl halides is 3. The molecular weight excluding hydrogens is 451 g/mol. The minimum Gasteiger partial charge on any atom is -0.494 e. The van der Waals surface area contributed by atoms with Crippen molar-refractivity contribution in [1.82, 2.24) is 19.6 Å². The fraction of sp³-hybridized carbons (Fsp3) is 0.174. The number of hydrogen-bond donors (Lipinski definition) is 2. The SMILES string of the molecule is COc1cc(CN)cc2oc(-c3c(C)nc4c(-c5ccccc5)c(C(F)(F)F)[nH]n4c3=O)nc12. The number of H-pyrrole nitrogens is 1. The molecule has 0 unspecified atom stereocenters. The van der Waals surface area contributed by atoms with Gasteiger partial charge in [0.2, 0.25) is 5.89 Å². The Hall–Kier alpha value is -4.12. The molecule has 34 heavy (non-hydrogen) atoms. The number of rotatable bonds is 4. The van der Waals surface area contributed by atoms with Gasteiger partial charge in [-0.2, -0.15) is 17.7 Å². The molecule has 8 nitrogen and oxygen atoms in total. The molecule has 3 aromatic heterocycles. The molecule has 0 spiro atoms. The van der Waals surface area contributed by atoms with Gasteiger partial charge in [-0.3, -0.25) is 9.89 Å². The highest BCUT2D eigenvalue weighted by Gasteiger charge is 2.38. The number of ether oxygens (including phenoxy) is 1. The molecule has 0 radical (unpaired) electrons. The van der Waals surface area contributed by atoms with Crippen LogP contribution in [0.25, 0.3) is 39.3 Å². The zero-order valence-electron chi connectivity index (χ0n) is 18.0. The van der Waals surface area contributed by atoms with Crippen molar-refractivity contribution in [3.63, 3.8) is 0 Å². The average molecular weight is 469 g/mol. The number of aromatic amines is 1. The molecule has 3 heterocycles. The number of aryl methyl sites for hydroxylation is 1. The number of benzene rings is 2. The van der Waals surface area contributed by atoms with Crippen LogP contribution in [0.5, 0.6) is 5.75 Å². The summed E-state index contributed by atoms with van der Waals surface area (Å²) in [6.45, 7) is 1.74. The van der Waals surface area contributed by atoms with Gasteiger partial charge in [-0.05, 0) is 30.2 Å². The molecule has 0 fully saturated rings. The van der Waals surface area contributed by atoms with Gasteiger partial charge in [-0.15, -0.1) is 0 Å². The second-order valence-corrected chi connectivity index (χ2v) is 7.63. The molecule has 3 N–H and O–H groups in total. The predicted molar refractivity (Wildman–Crippen MR) is 118 cm³/mol. The number of halogens is 3. The lowest BCUT2D eigenvalue weighted by atomic mass is 10.1. The van der Waals surface area contributed by atoms with Crippen molar-refractivity contribution < 1.29 is 22.3 Å². The van der Waals surface area contributed by atoms with Gasteiger partial charge >= 0.3 is 6.18 Å². The first-order valence-electron chi connectivity index (χ1n) is 10.2. The van der Waals surface area contributed by atoms with Crippen LogP contribution in [0.1, 0.15) is 17.0 Å². The lowest BCUT2D eigenvalue weighted by molar-refractivity contribution is -0.140. The zero-order valence-corrected chi connectivity index (χ0v) is 18.0. The van der Waals surface area contributed by atoms with Crippen molar-refractivity contribution in [3.8, 4) is 28.3 Å². The monoisotopic (exact) mass is 469 g/mol. The van der Waals surface area contributed by atoms with Gasteiger partial charge in [0.1, 0.15) is 17.0 Å². The summed E-state index contributed by atoms with van der Waals surface area (Å²) in [5, 5.41) is 2.19. The normalized spacial score (nSPS) is 12.1. The Labute approximate surface area is 189 Å².